The van der Waals surface area contributed by atoms with Gasteiger partial charge < -0.3 is 10.3 Å². The Kier molecular flexibility index (Phi) is 2.00. The summed E-state index contributed by atoms with van der Waals surface area (Å²) in [5.41, 5.74) is 6.78. The van der Waals surface area contributed by atoms with Crippen LogP contribution in [0.1, 0.15) is 25.2 Å². The van der Waals surface area contributed by atoms with Crippen molar-refractivity contribution < 1.29 is 4.52 Å². The lowest BCUT2D eigenvalue weighted by Gasteiger charge is -2.29. The molecule has 1 aromatic heterocycles. The molecule has 0 fully saturated rings. The molecule has 4 nitrogen and oxygen atoms in total. The van der Waals surface area contributed by atoms with Gasteiger partial charge in [-0.25, -0.2) is 0 Å². The van der Waals surface area contributed by atoms with Gasteiger partial charge in [0.25, 0.3) is 0 Å². The minimum Gasteiger partial charge on any atom is -0.381 e. The molecule has 0 atom stereocenters. The van der Waals surface area contributed by atoms with Gasteiger partial charge in [-0.1, -0.05) is 5.16 Å². The Morgan fingerprint density at radius 3 is 3.00 bits per heavy atom. The van der Waals surface area contributed by atoms with Gasteiger partial charge in [0.1, 0.15) is 5.76 Å². The van der Waals surface area contributed by atoms with Crippen molar-refractivity contribution in [2.24, 2.45) is 0 Å². The van der Waals surface area contributed by atoms with Crippen molar-refractivity contribution in [3.8, 4) is 0 Å². The Morgan fingerprint density at radius 2 is 2.31 bits per heavy atom. The third-order valence-electron chi connectivity index (χ3n) is 2.62. The Labute approximate surface area is 77.7 Å². The molecule has 1 aromatic rings. The summed E-state index contributed by atoms with van der Waals surface area (Å²) in [4.78, 5) is 2.37. The number of anilines is 1. The van der Waals surface area contributed by atoms with Crippen molar-refractivity contribution in [3.05, 3.63) is 11.3 Å². The average Bonchev–Trinajstić information content (AvgIpc) is 2.47. The standard InChI is InChI=1S/C9H15N3O/c1-6(2)12-4-3-8-7(5-12)9(10)11-13-8/h6H,3-5H2,1-2H3,(H2,10,11). The van der Waals surface area contributed by atoms with E-state index in [1.165, 1.54) is 0 Å². The summed E-state index contributed by atoms with van der Waals surface area (Å²) in [7, 11) is 0. The lowest BCUT2D eigenvalue weighted by Crippen LogP contribution is -2.35. The van der Waals surface area contributed by atoms with Crippen LogP contribution in [-0.2, 0) is 13.0 Å². The van der Waals surface area contributed by atoms with E-state index >= 15 is 0 Å². The van der Waals surface area contributed by atoms with E-state index < -0.39 is 0 Å². The van der Waals surface area contributed by atoms with Gasteiger partial charge in [-0.2, -0.15) is 0 Å². The maximum absolute atomic E-state index is 5.69. The molecule has 2 heterocycles. The number of rotatable bonds is 1. The third kappa shape index (κ3) is 1.42. The zero-order valence-corrected chi connectivity index (χ0v) is 8.08. The molecule has 0 unspecified atom stereocenters. The molecule has 2 rings (SSSR count). The van der Waals surface area contributed by atoms with E-state index in [9.17, 15) is 0 Å². The van der Waals surface area contributed by atoms with Gasteiger partial charge in [0, 0.05) is 25.6 Å². The second-order valence-electron chi connectivity index (χ2n) is 3.78. The Balaban J connectivity index is 2.22. The molecule has 2 N–H and O–H groups in total. The number of hydrogen-bond acceptors (Lipinski definition) is 4. The summed E-state index contributed by atoms with van der Waals surface area (Å²) in [5, 5.41) is 3.77. The van der Waals surface area contributed by atoms with Crippen LogP contribution in [-0.4, -0.2) is 22.6 Å². The minimum atomic E-state index is 0.556. The molecule has 0 aliphatic carbocycles. The topological polar surface area (TPSA) is 55.3 Å². The van der Waals surface area contributed by atoms with Gasteiger partial charge in [-0.15, -0.1) is 0 Å². The average molecular weight is 181 g/mol. The van der Waals surface area contributed by atoms with Crippen LogP contribution >= 0.6 is 0 Å². The van der Waals surface area contributed by atoms with Crippen LogP contribution in [0.25, 0.3) is 0 Å². The Morgan fingerprint density at radius 1 is 1.54 bits per heavy atom. The van der Waals surface area contributed by atoms with E-state index in [4.69, 9.17) is 10.3 Å². The molecule has 0 spiro atoms. The van der Waals surface area contributed by atoms with Gasteiger partial charge in [0.2, 0.25) is 0 Å². The van der Waals surface area contributed by atoms with Crippen molar-refractivity contribution in [1.82, 2.24) is 10.1 Å². The molecule has 0 saturated carbocycles. The molecule has 0 radical (unpaired) electrons. The summed E-state index contributed by atoms with van der Waals surface area (Å²) >= 11 is 0. The molecule has 72 valence electrons. The first-order chi connectivity index (χ1) is 6.18. The smallest absolute Gasteiger partial charge is 0.171 e. The van der Waals surface area contributed by atoms with E-state index in [1.54, 1.807) is 0 Å². The van der Waals surface area contributed by atoms with E-state index in [-0.39, 0.29) is 0 Å². The van der Waals surface area contributed by atoms with Gasteiger partial charge in [-0.3, -0.25) is 4.90 Å². The quantitative estimate of drug-likeness (QED) is 0.703. The maximum atomic E-state index is 5.69. The monoisotopic (exact) mass is 181 g/mol. The normalized spacial score (nSPS) is 17.8. The lowest BCUT2D eigenvalue weighted by molar-refractivity contribution is 0.192. The van der Waals surface area contributed by atoms with E-state index in [2.05, 4.69) is 23.9 Å². The van der Waals surface area contributed by atoms with Crippen molar-refractivity contribution in [3.63, 3.8) is 0 Å². The number of aromatic nitrogens is 1. The predicted molar refractivity (Wildman–Crippen MR) is 50.2 cm³/mol. The van der Waals surface area contributed by atoms with Crippen LogP contribution in [0, 0.1) is 0 Å². The number of nitrogens with two attached hydrogens (primary N) is 1. The molecule has 0 amide bonds. The highest BCUT2D eigenvalue weighted by atomic mass is 16.5. The fourth-order valence-corrected chi connectivity index (χ4v) is 1.69. The van der Waals surface area contributed by atoms with Crippen LogP contribution in [0.5, 0.6) is 0 Å². The van der Waals surface area contributed by atoms with E-state index in [0.29, 0.717) is 11.9 Å². The third-order valence-corrected chi connectivity index (χ3v) is 2.62. The van der Waals surface area contributed by atoms with Crippen LogP contribution in [0.4, 0.5) is 5.82 Å². The Hall–Kier alpha value is -1.03. The molecule has 1 aliphatic heterocycles. The number of nitrogens with zero attached hydrogens (tertiary/aromatic N) is 2. The summed E-state index contributed by atoms with van der Waals surface area (Å²) < 4.78 is 5.11. The zero-order chi connectivity index (χ0) is 9.42. The minimum absolute atomic E-state index is 0.556. The maximum Gasteiger partial charge on any atom is 0.171 e. The summed E-state index contributed by atoms with van der Waals surface area (Å²) in [6, 6.07) is 0.558. The Bertz CT molecular complexity index is 306. The molecule has 0 saturated heterocycles. The van der Waals surface area contributed by atoms with Crippen LogP contribution < -0.4 is 5.73 Å². The van der Waals surface area contributed by atoms with Crippen molar-refractivity contribution >= 4 is 5.82 Å². The molecular formula is C9H15N3O. The summed E-state index contributed by atoms with van der Waals surface area (Å²) in [5.74, 6) is 1.52. The molecule has 0 aromatic carbocycles. The van der Waals surface area contributed by atoms with Gasteiger partial charge >= 0.3 is 0 Å². The number of fused-ring (bicyclic) bond motifs is 1. The first-order valence-electron chi connectivity index (χ1n) is 4.65. The zero-order valence-electron chi connectivity index (χ0n) is 8.08. The number of hydrogen-bond donors (Lipinski definition) is 1. The highest BCUT2D eigenvalue weighted by Crippen LogP contribution is 2.24. The van der Waals surface area contributed by atoms with E-state index in [1.807, 2.05) is 0 Å². The number of nitrogen functional groups attached to an aromatic ring is 1. The second kappa shape index (κ2) is 3.03. The molecule has 4 heteroatoms. The molecule has 1 aliphatic rings. The molecular weight excluding hydrogens is 166 g/mol. The first kappa shape index (κ1) is 8.56. The van der Waals surface area contributed by atoms with Crippen molar-refractivity contribution in [1.29, 1.82) is 0 Å². The van der Waals surface area contributed by atoms with Crippen LogP contribution in [0.2, 0.25) is 0 Å². The van der Waals surface area contributed by atoms with Crippen LogP contribution in [0.15, 0.2) is 4.52 Å². The fourth-order valence-electron chi connectivity index (χ4n) is 1.69. The fraction of sp³-hybridized carbons (Fsp3) is 0.667. The highest BCUT2D eigenvalue weighted by molar-refractivity contribution is 5.41. The summed E-state index contributed by atoms with van der Waals surface area (Å²) in [6.45, 7) is 6.30. The van der Waals surface area contributed by atoms with Crippen molar-refractivity contribution in [2.45, 2.75) is 32.9 Å². The van der Waals surface area contributed by atoms with Crippen LogP contribution in [0.3, 0.4) is 0 Å². The van der Waals surface area contributed by atoms with Gasteiger partial charge in [0.05, 0.1) is 5.56 Å². The second-order valence-corrected chi connectivity index (χ2v) is 3.78. The van der Waals surface area contributed by atoms with E-state index in [0.717, 1.165) is 30.8 Å². The largest absolute Gasteiger partial charge is 0.381 e. The van der Waals surface area contributed by atoms with Crippen molar-refractivity contribution in [2.75, 3.05) is 12.3 Å². The predicted octanol–water partition coefficient (Wildman–Crippen LogP) is 1.02. The first-order valence-corrected chi connectivity index (χ1v) is 4.65. The highest BCUT2D eigenvalue weighted by Gasteiger charge is 2.23. The molecule has 13 heavy (non-hydrogen) atoms. The summed E-state index contributed by atoms with van der Waals surface area (Å²) in [6.07, 6.45) is 0.928. The lowest BCUT2D eigenvalue weighted by atomic mass is 10.1. The van der Waals surface area contributed by atoms with Gasteiger partial charge in [-0.05, 0) is 13.8 Å². The van der Waals surface area contributed by atoms with Gasteiger partial charge in [0.15, 0.2) is 5.82 Å². The molecule has 0 bridgehead atoms. The SMILES string of the molecule is CC(C)N1CCc2onc(N)c2C1.